The summed E-state index contributed by atoms with van der Waals surface area (Å²) in [5, 5.41) is 8.83. The lowest BCUT2D eigenvalue weighted by Gasteiger charge is -2.34. The third-order valence-electron chi connectivity index (χ3n) is 5.16. The number of carbonyl (C=O) groups excluding carboxylic acids is 1. The molecule has 7 heteroatoms. The normalized spacial score (nSPS) is 19.8. The molecular weight excluding hydrogens is 316 g/mol. The van der Waals surface area contributed by atoms with Gasteiger partial charge in [0.25, 0.3) is 5.91 Å². The van der Waals surface area contributed by atoms with Crippen LogP contribution in [0.5, 0.6) is 0 Å². The van der Waals surface area contributed by atoms with Crippen LogP contribution >= 0.6 is 0 Å². The van der Waals surface area contributed by atoms with Crippen LogP contribution < -0.4 is 4.90 Å². The summed E-state index contributed by atoms with van der Waals surface area (Å²) in [6, 6.07) is 3.89. The van der Waals surface area contributed by atoms with E-state index < -0.39 is 0 Å². The molecule has 1 saturated heterocycles. The number of piperidine rings is 1. The van der Waals surface area contributed by atoms with Gasteiger partial charge in [-0.25, -0.2) is 0 Å². The van der Waals surface area contributed by atoms with Crippen molar-refractivity contribution < 1.29 is 4.79 Å². The van der Waals surface area contributed by atoms with Gasteiger partial charge in [-0.3, -0.25) is 9.78 Å². The molecule has 7 nitrogen and oxygen atoms in total. The summed E-state index contributed by atoms with van der Waals surface area (Å²) < 4.78 is 2.31. The van der Waals surface area contributed by atoms with E-state index in [0.29, 0.717) is 11.6 Å². The zero-order valence-electron chi connectivity index (χ0n) is 14.9. The molecule has 0 aliphatic carbocycles. The largest absolute Gasteiger partial charge is 0.371 e. The Morgan fingerprint density at radius 2 is 2.12 bits per heavy atom. The third kappa shape index (κ3) is 2.99. The molecule has 25 heavy (non-hydrogen) atoms. The lowest BCUT2D eigenvalue weighted by atomic mass is 9.96. The molecule has 4 rings (SSSR count). The van der Waals surface area contributed by atoms with Crippen LogP contribution in [-0.4, -0.2) is 57.7 Å². The average Bonchev–Trinajstić information content (AvgIpc) is 3.25. The highest BCUT2D eigenvalue weighted by atomic mass is 16.2. The van der Waals surface area contributed by atoms with Crippen LogP contribution in [0.2, 0.25) is 0 Å². The van der Waals surface area contributed by atoms with Gasteiger partial charge in [-0.15, -0.1) is 10.2 Å². The van der Waals surface area contributed by atoms with Gasteiger partial charge in [-0.2, -0.15) is 0 Å². The van der Waals surface area contributed by atoms with Gasteiger partial charge < -0.3 is 14.4 Å². The van der Waals surface area contributed by atoms with Gasteiger partial charge >= 0.3 is 0 Å². The minimum Gasteiger partial charge on any atom is -0.371 e. The Morgan fingerprint density at radius 3 is 2.96 bits per heavy atom. The highest BCUT2D eigenvalue weighted by molar-refractivity contribution is 5.92. The molecule has 1 unspecified atom stereocenters. The second kappa shape index (κ2) is 6.46. The van der Waals surface area contributed by atoms with Crippen molar-refractivity contribution in [2.75, 3.05) is 32.1 Å². The Bertz CT molecular complexity index is 784. The Balaban J connectivity index is 1.55. The standard InChI is InChI=1S/C18H24N6O/c1-22(2)18(25)15-11-14(7-8-19-15)23-9-3-5-13(12-23)17-21-20-16-6-4-10-24(16)17/h7-8,11,13H,3-6,9-10,12H2,1-2H3. The second-order valence-corrected chi connectivity index (χ2v) is 7.11. The Morgan fingerprint density at radius 1 is 1.24 bits per heavy atom. The number of hydrogen-bond acceptors (Lipinski definition) is 5. The van der Waals surface area contributed by atoms with Crippen molar-refractivity contribution in [3.05, 3.63) is 35.7 Å². The summed E-state index contributed by atoms with van der Waals surface area (Å²) in [4.78, 5) is 20.3. The molecule has 0 bridgehead atoms. The summed E-state index contributed by atoms with van der Waals surface area (Å²) in [5.41, 5.74) is 1.55. The molecule has 1 atom stereocenters. The molecule has 0 aromatic carbocycles. The van der Waals surface area contributed by atoms with Crippen molar-refractivity contribution in [2.24, 2.45) is 0 Å². The number of rotatable bonds is 3. The topological polar surface area (TPSA) is 67.2 Å². The number of aromatic nitrogens is 4. The number of nitrogens with zero attached hydrogens (tertiary/aromatic N) is 6. The van der Waals surface area contributed by atoms with E-state index in [0.717, 1.165) is 56.2 Å². The molecule has 0 spiro atoms. The number of amides is 1. The smallest absolute Gasteiger partial charge is 0.272 e. The fraction of sp³-hybridized carbons (Fsp3) is 0.556. The first-order valence-corrected chi connectivity index (χ1v) is 8.98. The van der Waals surface area contributed by atoms with E-state index in [-0.39, 0.29) is 5.91 Å². The van der Waals surface area contributed by atoms with Gasteiger partial charge in [0, 0.05) is 58.0 Å². The maximum absolute atomic E-state index is 12.2. The number of fused-ring (bicyclic) bond motifs is 1. The predicted octanol–water partition coefficient (Wildman–Crippen LogP) is 1.71. The molecule has 2 aromatic rings. The Hall–Kier alpha value is -2.44. The van der Waals surface area contributed by atoms with Crippen molar-refractivity contribution in [1.82, 2.24) is 24.6 Å². The molecule has 2 aromatic heterocycles. The van der Waals surface area contributed by atoms with E-state index in [1.165, 1.54) is 6.42 Å². The summed E-state index contributed by atoms with van der Waals surface area (Å²) in [7, 11) is 3.50. The van der Waals surface area contributed by atoms with E-state index in [4.69, 9.17) is 0 Å². The molecule has 2 aliphatic rings. The molecule has 1 fully saturated rings. The monoisotopic (exact) mass is 340 g/mol. The van der Waals surface area contributed by atoms with E-state index in [2.05, 4.69) is 24.6 Å². The number of pyridine rings is 1. The molecular formula is C18H24N6O. The lowest BCUT2D eigenvalue weighted by Crippen LogP contribution is -2.35. The van der Waals surface area contributed by atoms with Crippen LogP contribution in [0.4, 0.5) is 5.69 Å². The van der Waals surface area contributed by atoms with Gasteiger partial charge in [0.2, 0.25) is 0 Å². The van der Waals surface area contributed by atoms with Gasteiger partial charge in [0.05, 0.1) is 0 Å². The fourth-order valence-electron chi connectivity index (χ4n) is 3.86. The van der Waals surface area contributed by atoms with Crippen LogP contribution in [-0.2, 0) is 13.0 Å². The van der Waals surface area contributed by atoms with E-state index >= 15 is 0 Å². The molecule has 2 aliphatic heterocycles. The molecule has 0 radical (unpaired) electrons. The highest BCUT2D eigenvalue weighted by Crippen LogP contribution is 2.31. The molecule has 1 amide bonds. The quantitative estimate of drug-likeness (QED) is 0.851. The van der Waals surface area contributed by atoms with Crippen molar-refractivity contribution in [2.45, 2.75) is 38.1 Å². The summed E-state index contributed by atoms with van der Waals surface area (Å²) in [6.45, 7) is 2.96. The lowest BCUT2D eigenvalue weighted by molar-refractivity contribution is 0.0822. The van der Waals surface area contributed by atoms with Crippen LogP contribution in [0, 0.1) is 0 Å². The summed E-state index contributed by atoms with van der Waals surface area (Å²) in [6.07, 6.45) is 6.21. The number of hydrogen-bond donors (Lipinski definition) is 0. The maximum atomic E-state index is 12.2. The van der Waals surface area contributed by atoms with Crippen LogP contribution in [0.1, 0.15) is 47.3 Å². The van der Waals surface area contributed by atoms with Gasteiger partial charge in [0.15, 0.2) is 0 Å². The number of carbonyl (C=O) groups is 1. The van der Waals surface area contributed by atoms with E-state index in [1.807, 2.05) is 12.1 Å². The van der Waals surface area contributed by atoms with Crippen molar-refractivity contribution in [1.29, 1.82) is 0 Å². The predicted molar refractivity (Wildman–Crippen MR) is 94.8 cm³/mol. The van der Waals surface area contributed by atoms with Crippen LogP contribution in [0.3, 0.4) is 0 Å². The second-order valence-electron chi connectivity index (χ2n) is 7.11. The minimum absolute atomic E-state index is 0.0642. The van der Waals surface area contributed by atoms with Crippen molar-refractivity contribution in [3.63, 3.8) is 0 Å². The SMILES string of the molecule is CN(C)C(=O)c1cc(N2CCCC(c3nnc4n3CCC4)C2)ccn1. The molecule has 0 N–H and O–H groups in total. The summed E-state index contributed by atoms with van der Waals surface area (Å²) in [5.74, 6) is 2.60. The number of anilines is 1. The molecule has 132 valence electrons. The molecule has 4 heterocycles. The fourth-order valence-corrected chi connectivity index (χ4v) is 3.86. The summed E-state index contributed by atoms with van der Waals surface area (Å²) >= 11 is 0. The van der Waals surface area contributed by atoms with Gasteiger partial charge in [0.1, 0.15) is 17.3 Å². The highest BCUT2D eigenvalue weighted by Gasteiger charge is 2.28. The first kappa shape index (κ1) is 16.1. The average molecular weight is 340 g/mol. The number of aryl methyl sites for hydroxylation is 1. The third-order valence-corrected chi connectivity index (χ3v) is 5.16. The van der Waals surface area contributed by atoms with Crippen LogP contribution in [0.15, 0.2) is 18.3 Å². The van der Waals surface area contributed by atoms with Gasteiger partial charge in [-0.1, -0.05) is 0 Å². The molecule has 0 saturated carbocycles. The first-order valence-electron chi connectivity index (χ1n) is 8.98. The van der Waals surface area contributed by atoms with Crippen molar-refractivity contribution >= 4 is 11.6 Å². The Kier molecular flexibility index (Phi) is 4.15. The van der Waals surface area contributed by atoms with E-state index in [1.54, 1.807) is 25.2 Å². The van der Waals surface area contributed by atoms with Crippen molar-refractivity contribution in [3.8, 4) is 0 Å². The van der Waals surface area contributed by atoms with Gasteiger partial charge in [-0.05, 0) is 31.4 Å². The maximum Gasteiger partial charge on any atom is 0.272 e. The first-order chi connectivity index (χ1) is 12.1. The van der Waals surface area contributed by atoms with Crippen LogP contribution in [0.25, 0.3) is 0 Å². The zero-order valence-corrected chi connectivity index (χ0v) is 14.9. The zero-order chi connectivity index (χ0) is 17.4. The van der Waals surface area contributed by atoms with E-state index in [9.17, 15) is 4.79 Å². The minimum atomic E-state index is -0.0642. The Labute approximate surface area is 147 Å².